The molecule has 2 unspecified atom stereocenters. The largest absolute Gasteiger partial charge is 0.460 e. The summed E-state index contributed by atoms with van der Waals surface area (Å²) in [6.45, 7) is 1.30. The van der Waals surface area contributed by atoms with Crippen LogP contribution >= 0.6 is 11.6 Å². The van der Waals surface area contributed by atoms with Gasteiger partial charge in [0.25, 0.3) is 5.69 Å². The number of aliphatic hydroxyl groups is 4. The van der Waals surface area contributed by atoms with E-state index in [2.05, 4.69) is 0 Å². The summed E-state index contributed by atoms with van der Waals surface area (Å²) in [4.78, 5) is 12.6. The molecule has 2 aliphatic rings. The lowest BCUT2D eigenvalue weighted by molar-refractivity contribution is -0.384. The number of hydrogen-bond acceptors (Lipinski definition) is 9. The lowest BCUT2D eigenvalue weighted by Crippen LogP contribution is -2.66. The van der Waals surface area contributed by atoms with Crippen LogP contribution < -0.4 is 9.64 Å². The van der Waals surface area contributed by atoms with E-state index >= 15 is 0 Å². The molecule has 1 fully saturated rings. The summed E-state index contributed by atoms with van der Waals surface area (Å²) in [7, 11) is 0. The normalized spacial score (nSPS) is 29.6. The van der Waals surface area contributed by atoms with Crippen molar-refractivity contribution >= 4 is 28.7 Å². The van der Waals surface area contributed by atoms with Gasteiger partial charge in [0, 0.05) is 30.1 Å². The second-order valence-electron chi connectivity index (χ2n) is 8.05. The van der Waals surface area contributed by atoms with Gasteiger partial charge in [0.15, 0.2) is 5.60 Å². The van der Waals surface area contributed by atoms with E-state index in [1.165, 1.54) is 13.0 Å². The number of non-ortho nitro benzene ring substituents is 1. The van der Waals surface area contributed by atoms with E-state index in [0.717, 1.165) is 16.9 Å². The summed E-state index contributed by atoms with van der Waals surface area (Å²) in [5.41, 5.74) is 0.539. The fourth-order valence-corrected chi connectivity index (χ4v) is 4.22. The molecule has 11 heteroatoms. The highest BCUT2D eigenvalue weighted by atomic mass is 35.5. The monoisotopic (exact) mass is 466 g/mol. The number of fused-ring (bicyclic) bond motifs is 1. The quantitative estimate of drug-likeness (QED) is 0.380. The molecule has 172 valence electrons. The number of halogens is 1. The van der Waals surface area contributed by atoms with E-state index < -0.39 is 41.7 Å². The van der Waals surface area contributed by atoms with Crippen molar-refractivity contribution < 1.29 is 34.8 Å². The number of nitrogens with zero attached hydrogens (tertiary/aromatic N) is 2. The number of hydrogen-bond donors (Lipinski definition) is 4. The molecule has 4 rings (SSSR count). The minimum Gasteiger partial charge on any atom is -0.460 e. The topological polar surface area (TPSA) is 146 Å². The molecule has 0 aromatic heterocycles. The maximum Gasteiger partial charge on any atom is 0.269 e. The van der Waals surface area contributed by atoms with Crippen LogP contribution in [0.25, 0.3) is 0 Å². The van der Waals surface area contributed by atoms with Gasteiger partial charge in [0.1, 0.15) is 24.1 Å². The molecule has 5 atom stereocenters. The molecule has 2 aromatic rings. The zero-order chi connectivity index (χ0) is 23.2. The van der Waals surface area contributed by atoms with Gasteiger partial charge in [-0.25, -0.2) is 0 Å². The molecule has 0 spiro atoms. The van der Waals surface area contributed by atoms with E-state index in [1.807, 2.05) is 4.90 Å². The Morgan fingerprint density at radius 3 is 2.72 bits per heavy atom. The van der Waals surface area contributed by atoms with Crippen LogP contribution in [0.5, 0.6) is 5.75 Å². The maximum absolute atomic E-state index is 11.0. The van der Waals surface area contributed by atoms with E-state index in [-0.39, 0.29) is 16.5 Å². The lowest BCUT2D eigenvalue weighted by atomic mass is 9.88. The average molecular weight is 467 g/mol. The van der Waals surface area contributed by atoms with Crippen LogP contribution in [0, 0.1) is 10.1 Å². The summed E-state index contributed by atoms with van der Waals surface area (Å²) in [6.07, 6.45) is -4.98. The molecular weight excluding hydrogens is 444 g/mol. The first-order valence-corrected chi connectivity index (χ1v) is 10.4. The first-order chi connectivity index (χ1) is 15.1. The third-order valence-corrected chi connectivity index (χ3v) is 6.18. The molecule has 32 heavy (non-hydrogen) atoms. The number of rotatable bonds is 5. The summed E-state index contributed by atoms with van der Waals surface area (Å²) < 4.78 is 11.1. The van der Waals surface area contributed by atoms with Gasteiger partial charge in [-0.2, -0.15) is 0 Å². The fraction of sp³-hybridized carbons (Fsp3) is 0.429. The Morgan fingerprint density at radius 1 is 1.31 bits per heavy atom. The molecule has 2 aromatic carbocycles. The second-order valence-corrected chi connectivity index (χ2v) is 8.46. The maximum atomic E-state index is 11.0. The van der Waals surface area contributed by atoms with E-state index in [4.69, 9.17) is 21.1 Å². The average Bonchev–Trinajstić information content (AvgIpc) is 3.18. The van der Waals surface area contributed by atoms with Gasteiger partial charge in [0.2, 0.25) is 6.29 Å². The molecule has 1 saturated heterocycles. The van der Waals surface area contributed by atoms with Gasteiger partial charge in [-0.3, -0.25) is 10.1 Å². The van der Waals surface area contributed by atoms with E-state index in [1.54, 1.807) is 30.3 Å². The van der Waals surface area contributed by atoms with Crippen LogP contribution in [-0.4, -0.2) is 68.7 Å². The molecule has 10 nitrogen and oxygen atoms in total. The van der Waals surface area contributed by atoms with Crippen molar-refractivity contribution in [3.05, 3.63) is 57.1 Å². The molecule has 4 N–H and O–H groups in total. The Hall–Kier alpha value is -2.47. The third-order valence-electron chi connectivity index (χ3n) is 5.89. The number of aliphatic hydroxyl groups excluding tert-OH is 3. The lowest BCUT2D eigenvalue weighted by Gasteiger charge is -2.45. The van der Waals surface area contributed by atoms with Crippen molar-refractivity contribution in [2.75, 3.05) is 18.1 Å². The Labute approximate surface area is 188 Å². The molecule has 0 aliphatic carbocycles. The number of nitro benzene ring substituents is 1. The second kappa shape index (κ2) is 8.47. The Balaban J connectivity index is 1.56. The number of ether oxygens (including phenoxy) is 2. The van der Waals surface area contributed by atoms with Crippen molar-refractivity contribution in [1.29, 1.82) is 0 Å². The van der Waals surface area contributed by atoms with Crippen molar-refractivity contribution in [3.8, 4) is 5.75 Å². The van der Waals surface area contributed by atoms with Crippen molar-refractivity contribution in [2.24, 2.45) is 0 Å². The molecule has 0 amide bonds. The minimum absolute atomic E-state index is 0.0420. The van der Waals surface area contributed by atoms with Crippen LogP contribution in [0.15, 0.2) is 36.4 Å². The number of benzene rings is 2. The summed E-state index contributed by atoms with van der Waals surface area (Å²) in [5.74, 6) is 0.170. The van der Waals surface area contributed by atoms with Gasteiger partial charge in [0.05, 0.1) is 16.6 Å². The van der Waals surface area contributed by atoms with Gasteiger partial charge >= 0.3 is 0 Å². The van der Waals surface area contributed by atoms with Gasteiger partial charge in [-0.1, -0.05) is 11.6 Å². The van der Waals surface area contributed by atoms with Crippen LogP contribution in [0.4, 0.5) is 17.1 Å². The molecule has 0 saturated carbocycles. The smallest absolute Gasteiger partial charge is 0.269 e. The first kappa shape index (κ1) is 22.7. The Bertz CT molecular complexity index is 1030. The van der Waals surface area contributed by atoms with Crippen LogP contribution in [0.1, 0.15) is 12.5 Å². The van der Waals surface area contributed by atoms with E-state index in [9.17, 15) is 30.5 Å². The first-order valence-electron chi connectivity index (χ1n) is 9.99. The van der Waals surface area contributed by atoms with Gasteiger partial charge < -0.3 is 34.8 Å². The molecular formula is C21H23ClN2O8. The zero-order valence-electron chi connectivity index (χ0n) is 17.1. The minimum atomic E-state index is -1.96. The van der Waals surface area contributed by atoms with Crippen LogP contribution in [0.3, 0.4) is 0 Å². The fourth-order valence-electron chi connectivity index (χ4n) is 4.00. The van der Waals surface area contributed by atoms with Crippen LogP contribution in [0.2, 0.25) is 5.02 Å². The predicted molar refractivity (Wildman–Crippen MR) is 114 cm³/mol. The highest BCUT2D eigenvalue weighted by Gasteiger charge is 2.53. The molecule has 2 heterocycles. The third kappa shape index (κ3) is 3.90. The van der Waals surface area contributed by atoms with Crippen molar-refractivity contribution in [2.45, 2.75) is 43.5 Å². The summed E-state index contributed by atoms with van der Waals surface area (Å²) >= 11 is 6.41. The van der Waals surface area contributed by atoms with Gasteiger partial charge in [-0.05, 0) is 43.2 Å². The highest BCUT2D eigenvalue weighted by Crippen LogP contribution is 2.40. The molecule has 0 radical (unpaired) electrons. The molecule has 0 bridgehead atoms. The standard InChI is InChI=1S/C21H23ClN2O8/c1-21(28)19(27)18(26)17(10-25)32-20(21)31-16-5-3-12(9-14(16)22)23-7-6-11-8-13(24(29)30)2-4-15(11)23/h2-5,8-9,17-20,25-28H,6-7,10H2,1H3/t17?,18-,19?,20+,21+/m1/s1. The summed E-state index contributed by atoms with van der Waals surface area (Å²) in [6, 6.07) is 9.69. The van der Waals surface area contributed by atoms with Gasteiger partial charge in [-0.15, -0.1) is 0 Å². The molecule has 2 aliphatic heterocycles. The zero-order valence-corrected chi connectivity index (χ0v) is 17.8. The Kier molecular flexibility index (Phi) is 6.01. The van der Waals surface area contributed by atoms with Crippen molar-refractivity contribution in [1.82, 2.24) is 0 Å². The Morgan fingerprint density at radius 2 is 2.06 bits per heavy atom. The SMILES string of the molecule is C[C@]1(O)C(O)[C@H](O)C(CO)O[C@@H]1Oc1ccc(N2CCc3cc([N+](=O)[O-])ccc32)cc1Cl. The number of anilines is 2. The van der Waals surface area contributed by atoms with Crippen molar-refractivity contribution in [3.63, 3.8) is 0 Å². The predicted octanol–water partition coefficient (Wildman–Crippen LogP) is 1.51. The van der Waals surface area contributed by atoms with Crippen LogP contribution in [-0.2, 0) is 11.2 Å². The summed E-state index contributed by atoms with van der Waals surface area (Å²) in [5, 5.41) is 51.4. The highest BCUT2D eigenvalue weighted by molar-refractivity contribution is 6.32. The number of nitro groups is 1. The van der Waals surface area contributed by atoms with E-state index in [0.29, 0.717) is 13.0 Å².